The third-order valence-electron chi connectivity index (χ3n) is 2.54. The number of rotatable bonds is 0. The molecule has 0 aromatic rings. The highest BCUT2D eigenvalue weighted by molar-refractivity contribution is 4.86. The molecule has 9 heavy (non-hydrogen) atoms. The number of halogens is 1. The van der Waals surface area contributed by atoms with E-state index in [-0.39, 0.29) is 0 Å². The van der Waals surface area contributed by atoms with Gasteiger partial charge in [0.05, 0.1) is 0 Å². The highest BCUT2D eigenvalue weighted by atomic mass is 19.1. The summed E-state index contributed by atoms with van der Waals surface area (Å²) in [5, 5.41) is 0. The van der Waals surface area contributed by atoms with Crippen LogP contribution in [0.2, 0.25) is 0 Å². The largest absolute Gasteiger partial charge is 0.303 e. The molecule has 52 valence electrons. The van der Waals surface area contributed by atoms with E-state index in [2.05, 4.69) is 4.90 Å². The van der Waals surface area contributed by atoms with Crippen LogP contribution in [0.1, 0.15) is 12.8 Å². The highest BCUT2D eigenvalue weighted by Crippen LogP contribution is 2.28. The number of alkyl halides is 1. The van der Waals surface area contributed by atoms with Gasteiger partial charge in [-0.2, -0.15) is 0 Å². The summed E-state index contributed by atoms with van der Waals surface area (Å²) < 4.78 is 12.8. The Balaban J connectivity index is 2.05. The van der Waals surface area contributed by atoms with Crippen LogP contribution in [0.25, 0.3) is 0 Å². The number of hydrogen-bond donors (Lipinski definition) is 0. The van der Waals surface area contributed by atoms with Gasteiger partial charge in [0.15, 0.2) is 0 Å². The van der Waals surface area contributed by atoms with Crippen molar-refractivity contribution in [1.82, 2.24) is 4.90 Å². The Kier molecular flexibility index (Phi) is 1.22. The van der Waals surface area contributed by atoms with Gasteiger partial charge in [-0.05, 0) is 19.4 Å². The van der Waals surface area contributed by atoms with Gasteiger partial charge in [-0.3, -0.25) is 0 Å². The minimum Gasteiger partial charge on any atom is -0.303 e. The molecule has 1 nitrogen and oxygen atoms in total. The van der Waals surface area contributed by atoms with Crippen LogP contribution in [0.5, 0.6) is 0 Å². The van der Waals surface area contributed by atoms with E-state index in [1.54, 1.807) is 0 Å². The average Bonchev–Trinajstić information content (AvgIpc) is 2.25. The second-order valence-corrected chi connectivity index (χ2v) is 3.15. The van der Waals surface area contributed by atoms with Gasteiger partial charge in [-0.25, -0.2) is 4.39 Å². The summed E-state index contributed by atoms with van der Waals surface area (Å²) in [5.74, 6) is 0.388. The number of hydrogen-bond acceptors (Lipinski definition) is 1. The van der Waals surface area contributed by atoms with Crippen molar-refractivity contribution in [3.8, 4) is 0 Å². The molecule has 2 aliphatic rings. The summed E-state index contributed by atoms with van der Waals surface area (Å²) in [6, 6.07) is 0. The standard InChI is InChI=1S/C7H12FN/c8-7-2-4-9-3-1-6(7)5-9/h6-7H,1-5H2. The number of piperidine rings is 1. The number of fused-ring (bicyclic) bond motifs is 2. The molecule has 2 heterocycles. The molecule has 3 unspecified atom stereocenters. The maximum Gasteiger partial charge on any atom is 0.105 e. The van der Waals surface area contributed by atoms with E-state index >= 15 is 0 Å². The van der Waals surface area contributed by atoms with Crippen LogP contribution < -0.4 is 0 Å². The molecule has 3 atom stereocenters. The second kappa shape index (κ2) is 1.94. The fourth-order valence-electron chi connectivity index (χ4n) is 1.90. The van der Waals surface area contributed by atoms with Crippen LogP contribution in [0.3, 0.4) is 0 Å². The van der Waals surface area contributed by atoms with Crippen LogP contribution in [0, 0.1) is 5.92 Å². The maximum atomic E-state index is 12.8. The Morgan fingerprint density at radius 1 is 1.22 bits per heavy atom. The summed E-state index contributed by atoms with van der Waals surface area (Å²) in [6.07, 6.45) is 1.40. The molecule has 0 aromatic heterocycles. The molecule has 0 spiro atoms. The molecule has 2 aliphatic heterocycles. The molecule has 0 saturated carbocycles. The SMILES string of the molecule is FC1CCN2CCC1C2. The lowest BCUT2D eigenvalue weighted by molar-refractivity contribution is 0.152. The molecule has 2 fully saturated rings. The first-order valence-electron chi connectivity index (χ1n) is 3.72. The topological polar surface area (TPSA) is 3.24 Å². The quantitative estimate of drug-likeness (QED) is 0.472. The molecule has 0 amide bonds. The van der Waals surface area contributed by atoms with Crippen molar-refractivity contribution in [2.75, 3.05) is 19.6 Å². The van der Waals surface area contributed by atoms with Crippen LogP contribution in [-0.2, 0) is 0 Å². The monoisotopic (exact) mass is 129 g/mol. The van der Waals surface area contributed by atoms with Crippen molar-refractivity contribution < 1.29 is 4.39 Å². The van der Waals surface area contributed by atoms with Gasteiger partial charge in [-0.1, -0.05) is 0 Å². The zero-order chi connectivity index (χ0) is 6.27. The Morgan fingerprint density at radius 3 is 2.78 bits per heavy atom. The van der Waals surface area contributed by atoms with E-state index in [9.17, 15) is 4.39 Å². The predicted molar refractivity (Wildman–Crippen MR) is 34.1 cm³/mol. The van der Waals surface area contributed by atoms with E-state index in [1.165, 1.54) is 0 Å². The normalized spacial score (nSPS) is 49.7. The van der Waals surface area contributed by atoms with Crippen LogP contribution >= 0.6 is 0 Å². The minimum atomic E-state index is -0.483. The number of nitrogens with zero attached hydrogens (tertiary/aromatic N) is 1. The predicted octanol–water partition coefficient (Wildman–Crippen LogP) is 1.05. The third kappa shape index (κ3) is 0.855. The molecule has 0 N–H and O–H groups in total. The van der Waals surface area contributed by atoms with Crippen LogP contribution in [-0.4, -0.2) is 30.7 Å². The van der Waals surface area contributed by atoms with Gasteiger partial charge in [-0.15, -0.1) is 0 Å². The van der Waals surface area contributed by atoms with Gasteiger partial charge in [0, 0.05) is 19.0 Å². The third-order valence-corrected chi connectivity index (χ3v) is 2.54. The fourth-order valence-corrected chi connectivity index (χ4v) is 1.90. The van der Waals surface area contributed by atoms with Crippen molar-refractivity contribution in [1.29, 1.82) is 0 Å². The van der Waals surface area contributed by atoms with Crippen molar-refractivity contribution >= 4 is 0 Å². The smallest absolute Gasteiger partial charge is 0.105 e. The van der Waals surface area contributed by atoms with Crippen molar-refractivity contribution in [3.05, 3.63) is 0 Å². The summed E-state index contributed by atoms with van der Waals surface area (Å²) in [6.45, 7) is 3.17. The van der Waals surface area contributed by atoms with Gasteiger partial charge >= 0.3 is 0 Å². The first-order valence-corrected chi connectivity index (χ1v) is 3.72. The van der Waals surface area contributed by atoms with E-state index in [0.717, 1.165) is 32.5 Å². The lowest BCUT2D eigenvalue weighted by Crippen LogP contribution is -2.32. The summed E-state index contributed by atoms with van der Waals surface area (Å²) >= 11 is 0. The van der Waals surface area contributed by atoms with Crippen LogP contribution in [0.4, 0.5) is 4.39 Å². The van der Waals surface area contributed by atoms with Gasteiger partial charge in [0.25, 0.3) is 0 Å². The summed E-state index contributed by atoms with van der Waals surface area (Å²) in [5.41, 5.74) is 0. The zero-order valence-corrected chi connectivity index (χ0v) is 5.52. The Bertz CT molecular complexity index is 115. The molecule has 0 radical (unpaired) electrons. The highest BCUT2D eigenvalue weighted by Gasteiger charge is 2.33. The van der Waals surface area contributed by atoms with Gasteiger partial charge < -0.3 is 4.90 Å². The van der Waals surface area contributed by atoms with E-state index in [1.807, 2.05) is 0 Å². The molecule has 2 saturated heterocycles. The Morgan fingerprint density at radius 2 is 2.00 bits per heavy atom. The molecule has 2 heteroatoms. The van der Waals surface area contributed by atoms with Crippen LogP contribution in [0.15, 0.2) is 0 Å². The van der Waals surface area contributed by atoms with E-state index < -0.39 is 6.17 Å². The Hall–Kier alpha value is -0.110. The van der Waals surface area contributed by atoms with Crippen molar-refractivity contribution in [2.45, 2.75) is 19.0 Å². The first-order chi connectivity index (χ1) is 4.36. The van der Waals surface area contributed by atoms with E-state index in [4.69, 9.17) is 0 Å². The lowest BCUT2D eigenvalue weighted by atomic mass is 9.99. The molecule has 0 aliphatic carbocycles. The first kappa shape index (κ1) is 5.66. The zero-order valence-electron chi connectivity index (χ0n) is 5.52. The molecular weight excluding hydrogens is 117 g/mol. The molecule has 0 aromatic carbocycles. The van der Waals surface area contributed by atoms with Crippen molar-refractivity contribution in [2.24, 2.45) is 5.92 Å². The summed E-state index contributed by atoms with van der Waals surface area (Å²) in [7, 11) is 0. The maximum absolute atomic E-state index is 12.8. The van der Waals surface area contributed by atoms with Gasteiger partial charge in [0.2, 0.25) is 0 Å². The molecular formula is C7H12FN. The van der Waals surface area contributed by atoms with Crippen molar-refractivity contribution in [3.63, 3.8) is 0 Å². The van der Waals surface area contributed by atoms with E-state index in [0.29, 0.717) is 5.92 Å². The average molecular weight is 129 g/mol. The lowest BCUT2D eigenvalue weighted by Gasteiger charge is -2.24. The van der Waals surface area contributed by atoms with Gasteiger partial charge in [0.1, 0.15) is 6.17 Å². The minimum absolute atomic E-state index is 0.388. The Labute approximate surface area is 54.8 Å². The molecule has 2 bridgehead atoms. The second-order valence-electron chi connectivity index (χ2n) is 3.15. The summed E-state index contributed by atoms with van der Waals surface area (Å²) in [4.78, 5) is 2.36. The molecule has 2 rings (SSSR count). The fraction of sp³-hybridized carbons (Fsp3) is 1.00.